The minimum absolute atomic E-state index is 0.0208. The Kier molecular flexibility index (Phi) is 8.91. The fourth-order valence-electron chi connectivity index (χ4n) is 4.92. The molecular formula is C29H34ClN9O3. The molecule has 1 aromatic heterocycles. The van der Waals surface area contributed by atoms with Crippen molar-refractivity contribution in [1.29, 1.82) is 0 Å². The van der Waals surface area contributed by atoms with E-state index >= 15 is 0 Å². The molecule has 3 amide bonds. The lowest BCUT2D eigenvalue weighted by Crippen LogP contribution is -2.55. The van der Waals surface area contributed by atoms with Gasteiger partial charge < -0.3 is 36.6 Å². The molecule has 2 aliphatic rings. The first-order chi connectivity index (χ1) is 20.3. The number of amides is 3. The lowest BCUT2D eigenvalue weighted by Gasteiger charge is -2.38. The number of ether oxygens (including phenoxy) is 1. The van der Waals surface area contributed by atoms with Crippen molar-refractivity contribution in [2.45, 2.75) is 31.4 Å². The summed E-state index contributed by atoms with van der Waals surface area (Å²) >= 11 is 5.96. The molecule has 0 atom stereocenters. The van der Waals surface area contributed by atoms with Crippen molar-refractivity contribution < 1.29 is 14.3 Å². The smallest absolute Gasteiger partial charge is 0.317 e. The highest BCUT2D eigenvalue weighted by atomic mass is 35.5. The lowest BCUT2D eigenvalue weighted by atomic mass is 9.89. The number of guanidine groups is 1. The highest BCUT2D eigenvalue weighted by Gasteiger charge is 2.40. The molecule has 42 heavy (non-hydrogen) atoms. The van der Waals surface area contributed by atoms with Crippen molar-refractivity contribution in [3.8, 4) is 5.75 Å². The van der Waals surface area contributed by atoms with Crippen LogP contribution in [-0.4, -0.2) is 71.5 Å². The van der Waals surface area contributed by atoms with E-state index in [9.17, 15) is 9.59 Å². The summed E-state index contributed by atoms with van der Waals surface area (Å²) in [5, 5.41) is 12.3. The summed E-state index contributed by atoms with van der Waals surface area (Å²) in [5.74, 6) is 0.782. The zero-order chi connectivity index (χ0) is 29.5. The topological polar surface area (TPSA) is 159 Å². The van der Waals surface area contributed by atoms with Crippen LogP contribution in [0.2, 0.25) is 5.15 Å². The van der Waals surface area contributed by atoms with Crippen molar-refractivity contribution in [3.63, 3.8) is 0 Å². The molecule has 6 N–H and O–H groups in total. The van der Waals surface area contributed by atoms with Gasteiger partial charge in [0.25, 0.3) is 0 Å². The average molecular weight is 592 g/mol. The highest BCUT2D eigenvalue weighted by Crippen LogP contribution is 2.25. The van der Waals surface area contributed by atoms with Crippen LogP contribution in [0.3, 0.4) is 0 Å². The molecule has 2 aromatic carbocycles. The van der Waals surface area contributed by atoms with Crippen LogP contribution >= 0.6 is 11.6 Å². The largest absolute Gasteiger partial charge is 0.489 e. The van der Waals surface area contributed by atoms with E-state index in [1.165, 1.54) is 0 Å². The second-order valence-corrected chi connectivity index (χ2v) is 10.6. The Bertz CT molecular complexity index is 1440. The van der Waals surface area contributed by atoms with Crippen LogP contribution in [-0.2, 0) is 13.0 Å². The summed E-state index contributed by atoms with van der Waals surface area (Å²) in [6.07, 6.45) is 2.14. The van der Waals surface area contributed by atoms with Gasteiger partial charge in [0.05, 0.1) is 5.54 Å². The van der Waals surface area contributed by atoms with Gasteiger partial charge in [-0.2, -0.15) is 4.99 Å². The Labute approximate surface area is 249 Å². The maximum atomic E-state index is 12.8. The Morgan fingerprint density at radius 3 is 2.55 bits per heavy atom. The standard InChI is InChI=1S/C29H34ClN9O3/c1-32-25-22(35-23(30)24(31)36-25)26(40)37-27-34-18-29(38-27)12-15-39(16-13-29)28(41)33-14-11-19-7-9-21(10-8-19)42-17-20-5-3-2-4-6-20/h2-10H,11-18H2,1H3,(H,33,41)(H3,31,32,36)(H2,34,37,38,40). The van der Waals surface area contributed by atoms with E-state index < -0.39 is 5.91 Å². The van der Waals surface area contributed by atoms with Gasteiger partial charge in [-0.25, -0.2) is 14.8 Å². The molecule has 0 radical (unpaired) electrons. The van der Waals surface area contributed by atoms with Crippen LogP contribution in [0.5, 0.6) is 5.75 Å². The number of rotatable bonds is 8. The van der Waals surface area contributed by atoms with Crippen LogP contribution < -0.4 is 31.7 Å². The normalized spacial score (nSPS) is 16.5. The number of halogens is 1. The number of nitrogen functional groups attached to an aromatic ring is 1. The van der Waals surface area contributed by atoms with E-state index in [1.54, 1.807) is 7.05 Å². The Morgan fingerprint density at radius 2 is 1.83 bits per heavy atom. The molecule has 3 aromatic rings. The van der Waals surface area contributed by atoms with Crippen molar-refractivity contribution >= 4 is 41.1 Å². The first-order valence-electron chi connectivity index (χ1n) is 13.8. The number of urea groups is 1. The molecule has 2 saturated heterocycles. The van der Waals surface area contributed by atoms with E-state index in [2.05, 4.69) is 36.2 Å². The van der Waals surface area contributed by atoms with Gasteiger partial charge in [0.1, 0.15) is 12.4 Å². The molecule has 12 nitrogen and oxygen atoms in total. The van der Waals surface area contributed by atoms with Gasteiger partial charge in [-0.1, -0.05) is 54.1 Å². The van der Waals surface area contributed by atoms with E-state index in [4.69, 9.17) is 22.1 Å². The number of carbonyl (C=O) groups is 2. The number of likely N-dealkylation sites (tertiary alicyclic amines) is 1. The van der Waals surface area contributed by atoms with Gasteiger partial charge in [-0.3, -0.25) is 4.79 Å². The van der Waals surface area contributed by atoms with Crippen LogP contribution in [0, 0.1) is 0 Å². The van der Waals surface area contributed by atoms with E-state index in [1.807, 2.05) is 59.5 Å². The number of nitrogens with one attached hydrogen (secondary N) is 4. The zero-order valence-corrected chi connectivity index (χ0v) is 24.1. The van der Waals surface area contributed by atoms with Crippen molar-refractivity contribution in [3.05, 3.63) is 76.6 Å². The predicted octanol–water partition coefficient (Wildman–Crippen LogP) is 2.81. The van der Waals surface area contributed by atoms with Crippen molar-refractivity contribution in [2.75, 3.05) is 44.3 Å². The Hall–Kier alpha value is -4.58. The summed E-state index contributed by atoms with van der Waals surface area (Å²) in [6, 6.07) is 17.9. The molecule has 0 aliphatic carbocycles. The first kappa shape index (κ1) is 28.9. The number of piperidine rings is 1. The molecule has 220 valence electrons. The van der Waals surface area contributed by atoms with Gasteiger partial charge >= 0.3 is 11.9 Å². The average Bonchev–Trinajstić information content (AvgIpc) is 3.39. The highest BCUT2D eigenvalue weighted by molar-refractivity contribution is 6.31. The Balaban J connectivity index is 1.05. The minimum atomic E-state index is -0.605. The molecule has 2 aliphatic heterocycles. The molecule has 13 heteroatoms. The molecular weight excluding hydrogens is 558 g/mol. The van der Waals surface area contributed by atoms with Gasteiger partial charge in [-0.15, -0.1) is 0 Å². The number of nitrogens with two attached hydrogens (primary N) is 1. The number of hydrogen-bond donors (Lipinski definition) is 5. The summed E-state index contributed by atoms with van der Waals surface area (Å²) in [5.41, 5.74) is 7.61. The molecule has 0 saturated carbocycles. The second-order valence-electron chi connectivity index (χ2n) is 10.3. The molecule has 2 fully saturated rings. The SMILES string of the molecule is CNc1nc(N)c(Cl)nc1C(=O)/N=C1\NCC2(CCN(C(=O)NCCc3ccc(OCc4ccccc4)cc3)CC2)N1. The van der Waals surface area contributed by atoms with Crippen LogP contribution in [0.25, 0.3) is 0 Å². The number of aromatic nitrogens is 2. The van der Waals surface area contributed by atoms with Crippen LogP contribution in [0.15, 0.2) is 59.6 Å². The maximum Gasteiger partial charge on any atom is 0.317 e. The number of anilines is 2. The quantitative estimate of drug-likeness (QED) is 0.265. The fourth-order valence-corrected chi connectivity index (χ4v) is 5.05. The number of benzene rings is 2. The predicted molar refractivity (Wildman–Crippen MR) is 162 cm³/mol. The minimum Gasteiger partial charge on any atom is -0.489 e. The van der Waals surface area contributed by atoms with E-state index in [-0.39, 0.29) is 34.1 Å². The molecule has 3 heterocycles. The summed E-state index contributed by atoms with van der Waals surface area (Å²) in [6.45, 7) is 2.82. The number of carbonyl (C=O) groups excluding carboxylic acids is 2. The third kappa shape index (κ3) is 7.00. The molecule has 5 rings (SSSR count). The van der Waals surface area contributed by atoms with Gasteiger partial charge in [-0.05, 0) is 42.5 Å². The van der Waals surface area contributed by atoms with Crippen LogP contribution in [0.4, 0.5) is 16.4 Å². The van der Waals surface area contributed by atoms with Gasteiger partial charge in [0.2, 0.25) is 0 Å². The summed E-state index contributed by atoms with van der Waals surface area (Å²) in [7, 11) is 1.60. The van der Waals surface area contributed by atoms with E-state index in [0.717, 1.165) is 23.3 Å². The zero-order valence-electron chi connectivity index (χ0n) is 23.3. The van der Waals surface area contributed by atoms with Gasteiger partial charge in [0.15, 0.2) is 28.4 Å². The van der Waals surface area contributed by atoms with Crippen molar-refractivity contribution in [2.24, 2.45) is 4.99 Å². The second kappa shape index (κ2) is 12.9. The number of aliphatic imine (C=N–C) groups is 1. The molecule has 0 unspecified atom stereocenters. The van der Waals surface area contributed by atoms with E-state index in [0.29, 0.717) is 51.6 Å². The molecule has 0 bridgehead atoms. The Morgan fingerprint density at radius 1 is 1.10 bits per heavy atom. The molecule has 1 spiro atoms. The summed E-state index contributed by atoms with van der Waals surface area (Å²) in [4.78, 5) is 39.6. The van der Waals surface area contributed by atoms with Gasteiger partial charge in [0, 0.05) is 33.2 Å². The summed E-state index contributed by atoms with van der Waals surface area (Å²) < 4.78 is 5.85. The lowest BCUT2D eigenvalue weighted by molar-refractivity contribution is 0.0998. The maximum absolute atomic E-state index is 12.8. The third-order valence-electron chi connectivity index (χ3n) is 7.38. The number of hydrogen-bond acceptors (Lipinski definition) is 7. The monoisotopic (exact) mass is 591 g/mol. The van der Waals surface area contributed by atoms with Crippen molar-refractivity contribution in [1.82, 2.24) is 30.8 Å². The van der Waals surface area contributed by atoms with Crippen LogP contribution in [0.1, 0.15) is 34.5 Å². The fraction of sp³-hybridized carbons (Fsp3) is 0.345. The first-order valence-corrected chi connectivity index (χ1v) is 14.2. The number of nitrogens with zero attached hydrogens (tertiary/aromatic N) is 4. The third-order valence-corrected chi connectivity index (χ3v) is 7.66.